The molecule has 0 radical (unpaired) electrons. The van der Waals surface area contributed by atoms with Gasteiger partial charge in [-0.1, -0.05) is 6.92 Å². The summed E-state index contributed by atoms with van der Waals surface area (Å²) < 4.78 is 5.33. The molecule has 0 bridgehead atoms. The topological polar surface area (TPSA) is 29.5 Å². The van der Waals surface area contributed by atoms with Gasteiger partial charge in [0, 0.05) is 0 Å². The van der Waals surface area contributed by atoms with Crippen molar-refractivity contribution in [2.45, 2.75) is 32.0 Å². The third-order valence-corrected chi connectivity index (χ3v) is 2.29. The molecule has 2 rings (SSSR count). The maximum atomic E-state index is 10.9. The molecule has 2 saturated heterocycles. The maximum absolute atomic E-state index is 10.9. The SMILES string of the molecule is CCC1COC2CC(=O)N12. The Hall–Kier alpha value is -0.570. The van der Waals surface area contributed by atoms with Crippen LogP contribution in [0, 0.1) is 0 Å². The van der Waals surface area contributed by atoms with Gasteiger partial charge in [0.2, 0.25) is 5.91 Å². The molecule has 0 saturated carbocycles. The van der Waals surface area contributed by atoms with Gasteiger partial charge in [0.15, 0.2) is 0 Å². The number of rotatable bonds is 1. The van der Waals surface area contributed by atoms with Crippen molar-refractivity contribution in [2.24, 2.45) is 0 Å². The van der Waals surface area contributed by atoms with E-state index in [1.807, 2.05) is 4.90 Å². The zero-order valence-corrected chi connectivity index (χ0v) is 6.04. The second-order valence-electron chi connectivity index (χ2n) is 2.86. The lowest BCUT2D eigenvalue weighted by atomic mass is 10.1. The number of carbonyl (C=O) groups is 1. The van der Waals surface area contributed by atoms with E-state index in [0.717, 1.165) is 13.0 Å². The lowest BCUT2D eigenvalue weighted by molar-refractivity contribution is -0.157. The zero-order valence-electron chi connectivity index (χ0n) is 6.04. The van der Waals surface area contributed by atoms with E-state index in [2.05, 4.69) is 6.92 Å². The number of hydrogen-bond acceptors (Lipinski definition) is 2. The first-order valence-electron chi connectivity index (χ1n) is 3.75. The normalized spacial score (nSPS) is 37.7. The van der Waals surface area contributed by atoms with Gasteiger partial charge in [-0.15, -0.1) is 0 Å². The predicted octanol–water partition coefficient (Wildman–Crippen LogP) is 0.354. The quantitative estimate of drug-likeness (QED) is 0.493. The highest BCUT2D eigenvalue weighted by Crippen LogP contribution is 2.30. The molecule has 0 N–H and O–H groups in total. The van der Waals surface area contributed by atoms with Crippen LogP contribution in [0.25, 0.3) is 0 Å². The van der Waals surface area contributed by atoms with Crippen molar-refractivity contribution in [3.05, 3.63) is 0 Å². The Labute approximate surface area is 60.0 Å². The third-order valence-electron chi connectivity index (χ3n) is 2.29. The van der Waals surface area contributed by atoms with Crippen LogP contribution in [-0.2, 0) is 9.53 Å². The molecule has 0 aliphatic carbocycles. The van der Waals surface area contributed by atoms with Crippen LogP contribution in [0.3, 0.4) is 0 Å². The minimum Gasteiger partial charge on any atom is -0.356 e. The van der Waals surface area contributed by atoms with Crippen LogP contribution in [-0.4, -0.2) is 29.7 Å². The molecule has 1 amide bonds. The molecule has 3 nitrogen and oxygen atoms in total. The van der Waals surface area contributed by atoms with Crippen molar-refractivity contribution in [1.82, 2.24) is 4.90 Å². The smallest absolute Gasteiger partial charge is 0.229 e. The molecule has 10 heavy (non-hydrogen) atoms. The lowest BCUT2D eigenvalue weighted by Gasteiger charge is -2.35. The van der Waals surface area contributed by atoms with Crippen molar-refractivity contribution >= 4 is 5.91 Å². The van der Waals surface area contributed by atoms with Crippen LogP contribution >= 0.6 is 0 Å². The average molecular weight is 141 g/mol. The summed E-state index contributed by atoms with van der Waals surface area (Å²) in [6.07, 6.45) is 1.76. The minimum atomic E-state index is 0.137. The first-order chi connectivity index (χ1) is 4.83. The van der Waals surface area contributed by atoms with Gasteiger partial charge in [0.25, 0.3) is 0 Å². The van der Waals surface area contributed by atoms with Gasteiger partial charge >= 0.3 is 0 Å². The number of nitrogens with zero attached hydrogens (tertiary/aromatic N) is 1. The number of fused-ring (bicyclic) bond motifs is 1. The summed E-state index contributed by atoms with van der Waals surface area (Å²) in [6, 6.07) is 0.367. The second-order valence-corrected chi connectivity index (χ2v) is 2.86. The Balaban J connectivity index is 2.07. The molecule has 0 aromatic heterocycles. The van der Waals surface area contributed by atoms with Crippen LogP contribution in [0.15, 0.2) is 0 Å². The minimum absolute atomic E-state index is 0.137. The van der Waals surface area contributed by atoms with Crippen LogP contribution in [0.5, 0.6) is 0 Å². The summed E-state index contributed by atoms with van der Waals surface area (Å²) in [6.45, 7) is 2.83. The Morgan fingerprint density at radius 2 is 2.60 bits per heavy atom. The molecular weight excluding hydrogens is 130 g/mol. The van der Waals surface area contributed by atoms with Crippen LogP contribution in [0.4, 0.5) is 0 Å². The molecule has 3 heteroatoms. The van der Waals surface area contributed by atoms with E-state index >= 15 is 0 Å². The summed E-state index contributed by atoms with van der Waals surface area (Å²) in [5.41, 5.74) is 0. The standard InChI is InChI=1S/C7H11NO2/c1-2-5-4-10-7-3-6(9)8(5)7/h5,7H,2-4H2,1H3. The molecular formula is C7H11NO2. The number of carbonyl (C=O) groups excluding carboxylic acids is 1. The van der Waals surface area contributed by atoms with E-state index < -0.39 is 0 Å². The van der Waals surface area contributed by atoms with Gasteiger partial charge in [-0.05, 0) is 6.42 Å². The van der Waals surface area contributed by atoms with Crippen LogP contribution in [0.1, 0.15) is 19.8 Å². The van der Waals surface area contributed by atoms with Crippen molar-refractivity contribution < 1.29 is 9.53 Å². The number of amides is 1. The highest BCUT2D eigenvalue weighted by Gasteiger charge is 2.45. The van der Waals surface area contributed by atoms with Gasteiger partial charge < -0.3 is 9.64 Å². The van der Waals surface area contributed by atoms with Crippen LogP contribution in [0.2, 0.25) is 0 Å². The average Bonchev–Trinajstić information content (AvgIpc) is 2.25. The highest BCUT2D eigenvalue weighted by atomic mass is 16.5. The molecule has 0 spiro atoms. The number of hydrogen-bond donors (Lipinski definition) is 0. The molecule has 0 aromatic carbocycles. The van der Waals surface area contributed by atoms with Gasteiger partial charge in [0.1, 0.15) is 6.23 Å². The highest BCUT2D eigenvalue weighted by molar-refractivity contribution is 5.83. The fourth-order valence-corrected chi connectivity index (χ4v) is 1.60. The van der Waals surface area contributed by atoms with Crippen molar-refractivity contribution in [1.29, 1.82) is 0 Å². The molecule has 2 fully saturated rings. The summed E-state index contributed by atoms with van der Waals surface area (Å²) in [5, 5.41) is 0. The monoisotopic (exact) mass is 141 g/mol. The Bertz CT molecular complexity index is 169. The van der Waals surface area contributed by atoms with Crippen molar-refractivity contribution in [3.8, 4) is 0 Å². The van der Waals surface area contributed by atoms with Gasteiger partial charge in [-0.25, -0.2) is 0 Å². The number of ether oxygens (including phenoxy) is 1. The molecule has 56 valence electrons. The van der Waals surface area contributed by atoms with E-state index in [9.17, 15) is 4.79 Å². The fourth-order valence-electron chi connectivity index (χ4n) is 1.60. The van der Waals surface area contributed by atoms with Gasteiger partial charge in [-0.2, -0.15) is 0 Å². The van der Waals surface area contributed by atoms with Crippen molar-refractivity contribution in [2.75, 3.05) is 6.61 Å². The van der Waals surface area contributed by atoms with Gasteiger partial charge in [-0.3, -0.25) is 4.79 Å². The van der Waals surface area contributed by atoms with Crippen molar-refractivity contribution in [3.63, 3.8) is 0 Å². The summed E-state index contributed by atoms with van der Waals surface area (Å²) >= 11 is 0. The van der Waals surface area contributed by atoms with E-state index in [0.29, 0.717) is 12.5 Å². The second kappa shape index (κ2) is 1.95. The zero-order chi connectivity index (χ0) is 7.14. The predicted molar refractivity (Wildman–Crippen MR) is 35.3 cm³/mol. The first kappa shape index (κ1) is 6.16. The Morgan fingerprint density at radius 3 is 3.10 bits per heavy atom. The molecule has 2 aliphatic rings. The molecule has 0 aromatic rings. The molecule has 2 heterocycles. The molecule has 2 aliphatic heterocycles. The summed E-state index contributed by atoms with van der Waals surface area (Å²) in [5.74, 6) is 0.259. The van der Waals surface area contributed by atoms with E-state index in [1.54, 1.807) is 0 Å². The van der Waals surface area contributed by atoms with E-state index in [1.165, 1.54) is 0 Å². The fraction of sp³-hybridized carbons (Fsp3) is 0.857. The number of β-lactam (4-membered cyclic amide) rings is 1. The van der Waals surface area contributed by atoms with Crippen LogP contribution < -0.4 is 0 Å². The molecule has 2 atom stereocenters. The summed E-state index contributed by atoms with van der Waals surface area (Å²) in [4.78, 5) is 12.8. The maximum Gasteiger partial charge on any atom is 0.229 e. The Kier molecular flexibility index (Phi) is 1.20. The molecule has 2 unspecified atom stereocenters. The first-order valence-corrected chi connectivity index (χ1v) is 3.75. The largest absolute Gasteiger partial charge is 0.356 e. The van der Waals surface area contributed by atoms with E-state index in [4.69, 9.17) is 4.74 Å². The third kappa shape index (κ3) is 0.611. The lowest BCUT2D eigenvalue weighted by Crippen LogP contribution is -2.52. The summed E-state index contributed by atoms with van der Waals surface area (Å²) in [7, 11) is 0. The van der Waals surface area contributed by atoms with Gasteiger partial charge in [0.05, 0.1) is 19.1 Å². The van der Waals surface area contributed by atoms with E-state index in [-0.39, 0.29) is 12.1 Å². The Morgan fingerprint density at radius 1 is 1.80 bits per heavy atom.